The van der Waals surface area contributed by atoms with Crippen molar-refractivity contribution in [2.45, 2.75) is 32.9 Å². The molecule has 3 aromatic heterocycles. The van der Waals surface area contributed by atoms with Crippen LogP contribution in [-0.4, -0.2) is 14.5 Å². The summed E-state index contributed by atoms with van der Waals surface area (Å²) in [6, 6.07) is 4.02. The van der Waals surface area contributed by atoms with Crippen molar-refractivity contribution in [3.63, 3.8) is 0 Å². The molecule has 0 atom stereocenters. The predicted octanol–water partition coefficient (Wildman–Crippen LogP) is 3.12. The molecule has 0 fully saturated rings. The highest BCUT2D eigenvalue weighted by atomic mass is 32.1. The Labute approximate surface area is 122 Å². The van der Waals surface area contributed by atoms with Gasteiger partial charge in [0.2, 0.25) is 0 Å². The van der Waals surface area contributed by atoms with Gasteiger partial charge in [-0.3, -0.25) is 0 Å². The van der Waals surface area contributed by atoms with Gasteiger partial charge in [0.1, 0.15) is 5.65 Å². The second-order valence-corrected chi connectivity index (χ2v) is 6.08. The summed E-state index contributed by atoms with van der Waals surface area (Å²) in [4.78, 5) is 9.16. The maximum atomic E-state index is 5.81. The zero-order valence-electron chi connectivity index (χ0n) is 11.7. The van der Waals surface area contributed by atoms with E-state index in [-0.39, 0.29) is 0 Å². The highest BCUT2D eigenvalue weighted by Crippen LogP contribution is 2.23. The maximum Gasteiger partial charge on any atom is 0.140 e. The molecule has 0 aliphatic heterocycles. The average Bonchev–Trinajstić information content (AvgIpc) is 3.05. The Morgan fingerprint density at radius 2 is 2.25 bits per heavy atom. The largest absolute Gasteiger partial charge is 0.326 e. The van der Waals surface area contributed by atoms with Gasteiger partial charge >= 0.3 is 0 Å². The molecule has 3 aromatic rings. The molecule has 0 aliphatic rings. The van der Waals surface area contributed by atoms with E-state index in [0.717, 1.165) is 28.8 Å². The zero-order chi connectivity index (χ0) is 14.1. The molecule has 2 N–H and O–H groups in total. The lowest BCUT2D eigenvalue weighted by atomic mass is 10.2. The minimum atomic E-state index is 0.480. The monoisotopic (exact) mass is 286 g/mol. The average molecular weight is 286 g/mol. The predicted molar refractivity (Wildman–Crippen MR) is 82.9 cm³/mol. The van der Waals surface area contributed by atoms with Crippen molar-refractivity contribution in [2.75, 3.05) is 0 Å². The second kappa shape index (κ2) is 5.34. The normalized spacial score (nSPS) is 11.6. The molecule has 0 spiro atoms. The van der Waals surface area contributed by atoms with Gasteiger partial charge in [-0.25, -0.2) is 9.97 Å². The van der Waals surface area contributed by atoms with Gasteiger partial charge in [0.05, 0.1) is 17.2 Å². The standard InChI is InChI=1S/C15H18N4S/c1-10(2)15-18-12(9-20-15)8-19-7-11(6-16)13-4-3-5-17-14(13)19/h3-5,7,9-10H,6,8,16H2,1-2H3. The fourth-order valence-electron chi connectivity index (χ4n) is 2.31. The Bertz CT molecular complexity index is 726. The summed E-state index contributed by atoms with van der Waals surface area (Å²) in [6.45, 7) is 5.61. The minimum Gasteiger partial charge on any atom is -0.326 e. The third-order valence-electron chi connectivity index (χ3n) is 3.33. The van der Waals surface area contributed by atoms with Crippen LogP contribution in [0, 0.1) is 0 Å². The van der Waals surface area contributed by atoms with Crippen LogP contribution in [0.25, 0.3) is 11.0 Å². The summed E-state index contributed by atoms with van der Waals surface area (Å²) in [5.41, 5.74) is 9.01. The van der Waals surface area contributed by atoms with E-state index in [1.54, 1.807) is 11.3 Å². The lowest BCUT2D eigenvalue weighted by Gasteiger charge is -2.02. The molecule has 4 nitrogen and oxygen atoms in total. The third kappa shape index (κ3) is 2.34. The number of rotatable bonds is 4. The molecule has 20 heavy (non-hydrogen) atoms. The van der Waals surface area contributed by atoms with Gasteiger partial charge in [-0.05, 0) is 17.7 Å². The fraction of sp³-hybridized carbons (Fsp3) is 0.333. The molecule has 0 aromatic carbocycles. The first-order valence-electron chi connectivity index (χ1n) is 6.76. The molecule has 3 heterocycles. The van der Waals surface area contributed by atoms with E-state index in [4.69, 9.17) is 5.73 Å². The smallest absolute Gasteiger partial charge is 0.140 e. The van der Waals surface area contributed by atoms with Crippen molar-refractivity contribution in [2.24, 2.45) is 5.73 Å². The number of fused-ring (bicyclic) bond motifs is 1. The first-order chi connectivity index (χ1) is 9.69. The molecular formula is C15H18N4S. The number of nitrogens with two attached hydrogens (primary N) is 1. The number of hydrogen-bond donors (Lipinski definition) is 1. The zero-order valence-corrected chi connectivity index (χ0v) is 12.5. The first kappa shape index (κ1) is 13.3. The van der Waals surface area contributed by atoms with Crippen LogP contribution in [0.15, 0.2) is 29.9 Å². The molecule has 0 amide bonds. The third-order valence-corrected chi connectivity index (χ3v) is 4.53. The van der Waals surface area contributed by atoms with Crippen LogP contribution in [0.3, 0.4) is 0 Å². The van der Waals surface area contributed by atoms with Gasteiger partial charge < -0.3 is 10.3 Å². The van der Waals surface area contributed by atoms with Crippen LogP contribution >= 0.6 is 11.3 Å². The van der Waals surface area contributed by atoms with E-state index in [2.05, 4.69) is 46.0 Å². The van der Waals surface area contributed by atoms with Gasteiger partial charge in [-0.2, -0.15) is 0 Å². The number of pyridine rings is 1. The van der Waals surface area contributed by atoms with Crippen molar-refractivity contribution in [1.82, 2.24) is 14.5 Å². The summed E-state index contributed by atoms with van der Waals surface area (Å²) in [6.07, 6.45) is 3.91. The molecule has 0 aliphatic carbocycles. The molecule has 0 saturated heterocycles. The topological polar surface area (TPSA) is 56.7 Å². The first-order valence-corrected chi connectivity index (χ1v) is 7.64. The lowest BCUT2D eigenvalue weighted by molar-refractivity contribution is 0.778. The van der Waals surface area contributed by atoms with E-state index in [0.29, 0.717) is 12.5 Å². The summed E-state index contributed by atoms with van der Waals surface area (Å²) >= 11 is 1.73. The fourth-order valence-corrected chi connectivity index (χ4v) is 3.14. The Hall–Kier alpha value is -1.72. The Morgan fingerprint density at radius 1 is 1.40 bits per heavy atom. The van der Waals surface area contributed by atoms with E-state index >= 15 is 0 Å². The highest BCUT2D eigenvalue weighted by Gasteiger charge is 2.11. The maximum absolute atomic E-state index is 5.81. The van der Waals surface area contributed by atoms with Crippen LogP contribution < -0.4 is 5.73 Å². The van der Waals surface area contributed by atoms with Crippen molar-refractivity contribution >= 4 is 22.4 Å². The van der Waals surface area contributed by atoms with Crippen LogP contribution in [0.1, 0.15) is 36.0 Å². The molecule has 5 heteroatoms. The molecule has 0 unspecified atom stereocenters. The molecular weight excluding hydrogens is 268 g/mol. The van der Waals surface area contributed by atoms with Crippen LogP contribution in [0.5, 0.6) is 0 Å². The Morgan fingerprint density at radius 3 is 2.95 bits per heavy atom. The van der Waals surface area contributed by atoms with E-state index in [9.17, 15) is 0 Å². The number of aromatic nitrogens is 3. The molecule has 0 saturated carbocycles. The summed E-state index contributed by atoms with van der Waals surface area (Å²) in [5, 5.41) is 4.45. The molecule has 0 bridgehead atoms. The van der Waals surface area contributed by atoms with Gasteiger partial charge in [-0.15, -0.1) is 11.3 Å². The summed E-state index contributed by atoms with van der Waals surface area (Å²) in [7, 11) is 0. The van der Waals surface area contributed by atoms with Gasteiger partial charge in [0, 0.05) is 35.6 Å². The van der Waals surface area contributed by atoms with Crippen molar-refractivity contribution in [3.05, 3.63) is 46.2 Å². The number of nitrogens with zero attached hydrogens (tertiary/aromatic N) is 3. The molecule has 3 rings (SSSR count). The second-order valence-electron chi connectivity index (χ2n) is 5.19. The Kier molecular flexibility index (Phi) is 3.54. The van der Waals surface area contributed by atoms with Crippen molar-refractivity contribution < 1.29 is 0 Å². The van der Waals surface area contributed by atoms with Crippen LogP contribution in [0.2, 0.25) is 0 Å². The Balaban J connectivity index is 1.97. The van der Waals surface area contributed by atoms with E-state index < -0.39 is 0 Å². The number of thiazole rings is 1. The van der Waals surface area contributed by atoms with E-state index in [1.165, 1.54) is 5.01 Å². The molecule has 104 valence electrons. The lowest BCUT2D eigenvalue weighted by Crippen LogP contribution is -2.00. The summed E-state index contributed by atoms with van der Waals surface area (Å²) in [5.74, 6) is 0.480. The number of hydrogen-bond acceptors (Lipinski definition) is 4. The van der Waals surface area contributed by atoms with Crippen molar-refractivity contribution in [3.8, 4) is 0 Å². The SMILES string of the molecule is CC(C)c1nc(Cn2cc(CN)c3cccnc32)cs1. The quantitative estimate of drug-likeness (QED) is 0.801. The van der Waals surface area contributed by atoms with Gasteiger partial charge in [-0.1, -0.05) is 13.8 Å². The highest BCUT2D eigenvalue weighted by molar-refractivity contribution is 7.09. The molecule has 0 radical (unpaired) electrons. The van der Waals surface area contributed by atoms with Crippen LogP contribution in [-0.2, 0) is 13.1 Å². The van der Waals surface area contributed by atoms with Gasteiger partial charge in [0.15, 0.2) is 0 Å². The van der Waals surface area contributed by atoms with E-state index in [1.807, 2.05) is 12.3 Å². The van der Waals surface area contributed by atoms with Crippen molar-refractivity contribution in [1.29, 1.82) is 0 Å². The summed E-state index contributed by atoms with van der Waals surface area (Å²) < 4.78 is 2.14. The van der Waals surface area contributed by atoms with Gasteiger partial charge in [0.25, 0.3) is 0 Å². The van der Waals surface area contributed by atoms with Crippen LogP contribution in [0.4, 0.5) is 0 Å². The minimum absolute atomic E-state index is 0.480.